The molecule has 1 aromatic heterocycles. The number of hydrogen-bond acceptors (Lipinski definition) is 4. The van der Waals surface area contributed by atoms with Gasteiger partial charge in [-0.2, -0.15) is 0 Å². The standard InChI is InChI=1S/C13H14N2O3/c1-4-15-11-6-5-9(13(17)18-3)7-10(11)14-8(2)12(15)16/h5-7H,4H2,1-3H3. The zero-order chi connectivity index (χ0) is 13.3. The van der Waals surface area contributed by atoms with Crippen LogP contribution in [0.3, 0.4) is 0 Å². The normalized spacial score (nSPS) is 10.6. The summed E-state index contributed by atoms with van der Waals surface area (Å²) >= 11 is 0. The molecule has 0 radical (unpaired) electrons. The minimum absolute atomic E-state index is 0.101. The van der Waals surface area contributed by atoms with Crippen LogP contribution in [0, 0.1) is 6.92 Å². The Morgan fingerprint density at radius 3 is 2.78 bits per heavy atom. The summed E-state index contributed by atoms with van der Waals surface area (Å²) in [6, 6.07) is 5.00. The molecule has 0 saturated carbocycles. The first kappa shape index (κ1) is 12.3. The van der Waals surface area contributed by atoms with Crippen molar-refractivity contribution >= 4 is 17.0 Å². The Bertz CT molecular complexity index is 674. The van der Waals surface area contributed by atoms with Crippen LogP contribution in [0.25, 0.3) is 11.0 Å². The quantitative estimate of drug-likeness (QED) is 0.753. The number of aryl methyl sites for hydroxylation is 2. The van der Waals surface area contributed by atoms with E-state index in [9.17, 15) is 9.59 Å². The van der Waals surface area contributed by atoms with Crippen molar-refractivity contribution in [2.45, 2.75) is 20.4 Å². The minimum Gasteiger partial charge on any atom is -0.465 e. The van der Waals surface area contributed by atoms with Crippen molar-refractivity contribution in [3.05, 3.63) is 39.8 Å². The summed E-state index contributed by atoms with van der Waals surface area (Å²) < 4.78 is 6.30. The molecular formula is C13H14N2O3. The molecule has 0 saturated heterocycles. The Morgan fingerprint density at radius 2 is 2.17 bits per heavy atom. The lowest BCUT2D eigenvalue weighted by molar-refractivity contribution is 0.0601. The van der Waals surface area contributed by atoms with E-state index in [0.29, 0.717) is 23.3 Å². The molecule has 0 aliphatic rings. The van der Waals surface area contributed by atoms with E-state index < -0.39 is 5.97 Å². The van der Waals surface area contributed by atoms with E-state index in [-0.39, 0.29) is 5.56 Å². The van der Waals surface area contributed by atoms with E-state index in [2.05, 4.69) is 9.72 Å². The number of methoxy groups -OCH3 is 1. The molecule has 0 unspecified atom stereocenters. The van der Waals surface area contributed by atoms with Gasteiger partial charge in [-0.15, -0.1) is 0 Å². The lowest BCUT2D eigenvalue weighted by atomic mass is 10.2. The molecule has 0 N–H and O–H groups in total. The number of carbonyl (C=O) groups excluding carboxylic acids is 1. The highest BCUT2D eigenvalue weighted by molar-refractivity contribution is 5.93. The van der Waals surface area contributed by atoms with Gasteiger partial charge >= 0.3 is 5.97 Å². The van der Waals surface area contributed by atoms with Crippen LogP contribution in [0.5, 0.6) is 0 Å². The number of hydrogen-bond donors (Lipinski definition) is 0. The highest BCUT2D eigenvalue weighted by Gasteiger charge is 2.10. The summed E-state index contributed by atoms with van der Waals surface area (Å²) in [5.41, 5.74) is 2.10. The number of ether oxygens (including phenoxy) is 1. The number of benzene rings is 1. The molecule has 94 valence electrons. The Balaban J connectivity index is 2.76. The maximum atomic E-state index is 11.9. The first-order valence-electron chi connectivity index (χ1n) is 5.68. The zero-order valence-electron chi connectivity index (χ0n) is 10.6. The first-order chi connectivity index (χ1) is 8.58. The molecule has 0 spiro atoms. The molecule has 0 aliphatic carbocycles. The number of esters is 1. The average Bonchev–Trinajstić information content (AvgIpc) is 2.39. The Kier molecular flexibility index (Phi) is 3.14. The van der Waals surface area contributed by atoms with Crippen LogP contribution in [-0.4, -0.2) is 22.6 Å². The summed E-state index contributed by atoms with van der Waals surface area (Å²) in [5.74, 6) is -0.411. The fourth-order valence-corrected chi connectivity index (χ4v) is 1.93. The Hall–Kier alpha value is -2.17. The number of fused-ring (bicyclic) bond motifs is 1. The van der Waals surface area contributed by atoms with E-state index in [1.54, 1.807) is 29.7 Å². The van der Waals surface area contributed by atoms with Crippen LogP contribution >= 0.6 is 0 Å². The van der Waals surface area contributed by atoms with Gasteiger partial charge in [-0.05, 0) is 32.0 Å². The highest BCUT2D eigenvalue weighted by Crippen LogP contribution is 2.14. The molecule has 1 aromatic carbocycles. The molecule has 0 fully saturated rings. The lowest BCUT2D eigenvalue weighted by Crippen LogP contribution is -2.23. The molecular weight excluding hydrogens is 232 g/mol. The van der Waals surface area contributed by atoms with E-state index in [4.69, 9.17) is 0 Å². The van der Waals surface area contributed by atoms with Crippen molar-refractivity contribution in [3.63, 3.8) is 0 Å². The lowest BCUT2D eigenvalue weighted by Gasteiger charge is -2.09. The van der Waals surface area contributed by atoms with Crippen molar-refractivity contribution in [2.24, 2.45) is 0 Å². The van der Waals surface area contributed by atoms with Crippen LogP contribution in [0.1, 0.15) is 23.0 Å². The Labute approximate surface area is 104 Å². The van der Waals surface area contributed by atoms with E-state index in [1.807, 2.05) is 6.92 Å². The van der Waals surface area contributed by atoms with Gasteiger partial charge in [0.2, 0.25) is 0 Å². The smallest absolute Gasteiger partial charge is 0.337 e. The molecule has 2 rings (SSSR count). The molecule has 0 aliphatic heterocycles. The van der Waals surface area contributed by atoms with Gasteiger partial charge in [-0.1, -0.05) is 0 Å². The highest BCUT2D eigenvalue weighted by atomic mass is 16.5. The van der Waals surface area contributed by atoms with Crippen molar-refractivity contribution in [1.29, 1.82) is 0 Å². The van der Waals surface area contributed by atoms with Gasteiger partial charge < -0.3 is 9.30 Å². The van der Waals surface area contributed by atoms with Crippen molar-refractivity contribution in [3.8, 4) is 0 Å². The monoisotopic (exact) mass is 246 g/mol. The van der Waals surface area contributed by atoms with Gasteiger partial charge in [0.1, 0.15) is 5.69 Å². The largest absolute Gasteiger partial charge is 0.465 e. The SMILES string of the molecule is CCn1c(=O)c(C)nc2cc(C(=O)OC)ccc21. The second-order valence-corrected chi connectivity index (χ2v) is 3.94. The van der Waals surface area contributed by atoms with Gasteiger partial charge in [-0.3, -0.25) is 4.79 Å². The second-order valence-electron chi connectivity index (χ2n) is 3.94. The molecule has 2 aromatic rings. The predicted octanol–water partition coefficient (Wildman–Crippen LogP) is 1.51. The topological polar surface area (TPSA) is 61.2 Å². The molecule has 0 bridgehead atoms. The van der Waals surface area contributed by atoms with E-state index in [0.717, 1.165) is 5.52 Å². The second kappa shape index (κ2) is 4.60. The fraction of sp³-hybridized carbons (Fsp3) is 0.308. The average molecular weight is 246 g/mol. The summed E-state index contributed by atoms with van der Waals surface area (Å²) in [6.07, 6.45) is 0. The van der Waals surface area contributed by atoms with Gasteiger partial charge in [0, 0.05) is 6.54 Å². The molecule has 0 atom stereocenters. The predicted molar refractivity (Wildman–Crippen MR) is 67.8 cm³/mol. The van der Waals surface area contributed by atoms with Crippen LogP contribution in [0.4, 0.5) is 0 Å². The molecule has 5 nitrogen and oxygen atoms in total. The van der Waals surface area contributed by atoms with Gasteiger partial charge in [0.05, 0.1) is 23.7 Å². The molecule has 5 heteroatoms. The van der Waals surface area contributed by atoms with Crippen LogP contribution in [-0.2, 0) is 11.3 Å². The van der Waals surface area contributed by atoms with Crippen molar-refractivity contribution in [2.75, 3.05) is 7.11 Å². The Morgan fingerprint density at radius 1 is 1.44 bits per heavy atom. The van der Waals surface area contributed by atoms with Crippen LogP contribution in [0.15, 0.2) is 23.0 Å². The molecule has 1 heterocycles. The van der Waals surface area contributed by atoms with Crippen LogP contribution in [0.2, 0.25) is 0 Å². The number of aromatic nitrogens is 2. The van der Waals surface area contributed by atoms with Gasteiger partial charge in [-0.25, -0.2) is 9.78 Å². The number of rotatable bonds is 2. The minimum atomic E-state index is -0.411. The molecule has 18 heavy (non-hydrogen) atoms. The van der Waals surface area contributed by atoms with Crippen LogP contribution < -0.4 is 5.56 Å². The summed E-state index contributed by atoms with van der Waals surface area (Å²) in [4.78, 5) is 27.6. The third-order valence-corrected chi connectivity index (χ3v) is 2.85. The number of carbonyl (C=O) groups is 1. The van der Waals surface area contributed by atoms with Crippen molar-refractivity contribution in [1.82, 2.24) is 9.55 Å². The fourth-order valence-electron chi connectivity index (χ4n) is 1.93. The maximum Gasteiger partial charge on any atom is 0.337 e. The van der Waals surface area contributed by atoms with E-state index >= 15 is 0 Å². The number of nitrogens with zero attached hydrogens (tertiary/aromatic N) is 2. The molecule has 0 amide bonds. The zero-order valence-corrected chi connectivity index (χ0v) is 10.6. The summed E-state index contributed by atoms with van der Waals surface area (Å²) in [6.45, 7) is 4.13. The third kappa shape index (κ3) is 1.88. The van der Waals surface area contributed by atoms with Crippen molar-refractivity contribution < 1.29 is 9.53 Å². The van der Waals surface area contributed by atoms with Gasteiger partial charge in [0.25, 0.3) is 5.56 Å². The van der Waals surface area contributed by atoms with Gasteiger partial charge in [0.15, 0.2) is 0 Å². The van der Waals surface area contributed by atoms with E-state index in [1.165, 1.54) is 7.11 Å². The summed E-state index contributed by atoms with van der Waals surface area (Å²) in [7, 11) is 1.33. The first-order valence-corrected chi connectivity index (χ1v) is 5.68. The summed E-state index contributed by atoms with van der Waals surface area (Å²) in [5, 5.41) is 0. The maximum absolute atomic E-state index is 11.9. The third-order valence-electron chi connectivity index (χ3n) is 2.85.